The summed E-state index contributed by atoms with van der Waals surface area (Å²) < 4.78 is 13.2. The van der Waals surface area contributed by atoms with Gasteiger partial charge in [0.15, 0.2) is 0 Å². The molecule has 0 bridgehead atoms. The van der Waals surface area contributed by atoms with Crippen LogP contribution in [0.25, 0.3) is 0 Å². The van der Waals surface area contributed by atoms with Gasteiger partial charge in [-0.3, -0.25) is 0 Å². The number of nitrogens with two attached hydrogens (primary N) is 1. The molecule has 0 spiro atoms. The smallest absolute Gasteiger partial charge is 0.142 e. The lowest BCUT2D eigenvalue weighted by molar-refractivity contribution is 0.504. The van der Waals surface area contributed by atoms with Gasteiger partial charge in [-0.15, -0.1) is 0 Å². The largest absolute Gasteiger partial charge is 0.324 e. The van der Waals surface area contributed by atoms with Crippen molar-refractivity contribution in [3.63, 3.8) is 0 Å². The van der Waals surface area contributed by atoms with E-state index in [1.807, 2.05) is 0 Å². The van der Waals surface area contributed by atoms with Crippen LogP contribution in [0.2, 0.25) is 5.02 Å². The van der Waals surface area contributed by atoms with Crippen molar-refractivity contribution in [3.05, 3.63) is 34.6 Å². The van der Waals surface area contributed by atoms with Gasteiger partial charge in [0.2, 0.25) is 0 Å². The van der Waals surface area contributed by atoms with Crippen molar-refractivity contribution in [2.75, 3.05) is 0 Å². The molecular formula is C13H19ClFN. The van der Waals surface area contributed by atoms with Crippen molar-refractivity contribution in [1.29, 1.82) is 0 Å². The minimum atomic E-state index is -0.390. The van der Waals surface area contributed by atoms with Gasteiger partial charge in [0, 0.05) is 6.04 Å². The summed E-state index contributed by atoms with van der Waals surface area (Å²) in [4.78, 5) is 0. The van der Waals surface area contributed by atoms with E-state index in [2.05, 4.69) is 13.8 Å². The minimum absolute atomic E-state index is 0.0921. The van der Waals surface area contributed by atoms with E-state index in [-0.39, 0.29) is 11.1 Å². The van der Waals surface area contributed by atoms with Gasteiger partial charge in [0.25, 0.3) is 0 Å². The molecule has 16 heavy (non-hydrogen) atoms. The Morgan fingerprint density at radius 1 is 1.31 bits per heavy atom. The van der Waals surface area contributed by atoms with Gasteiger partial charge in [-0.2, -0.15) is 0 Å². The molecule has 1 nitrogen and oxygen atoms in total. The Bertz CT molecular complexity index is 339. The Morgan fingerprint density at radius 2 is 2.00 bits per heavy atom. The van der Waals surface area contributed by atoms with Crippen molar-refractivity contribution in [2.24, 2.45) is 11.7 Å². The summed E-state index contributed by atoms with van der Waals surface area (Å²) in [6, 6.07) is 4.70. The van der Waals surface area contributed by atoms with Crippen molar-refractivity contribution in [1.82, 2.24) is 0 Å². The van der Waals surface area contributed by atoms with E-state index in [1.165, 1.54) is 6.07 Å². The Labute approximate surface area is 102 Å². The monoisotopic (exact) mass is 243 g/mol. The topological polar surface area (TPSA) is 26.0 Å². The first-order chi connectivity index (χ1) is 7.50. The zero-order chi connectivity index (χ0) is 12.1. The molecule has 0 heterocycles. The maximum atomic E-state index is 13.2. The molecule has 2 N–H and O–H groups in total. The van der Waals surface area contributed by atoms with Crippen molar-refractivity contribution < 1.29 is 4.39 Å². The normalized spacial score (nSPS) is 13.1. The van der Waals surface area contributed by atoms with E-state index in [0.29, 0.717) is 5.92 Å². The van der Waals surface area contributed by atoms with Gasteiger partial charge < -0.3 is 5.73 Å². The SMILES string of the molecule is CC(C)CCCC(N)c1ccc(Cl)c(F)c1. The summed E-state index contributed by atoms with van der Waals surface area (Å²) in [7, 11) is 0. The van der Waals surface area contributed by atoms with Gasteiger partial charge in [0.05, 0.1) is 5.02 Å². The molecule has 3 heteroatoms. The Kier molecular flexibility index (Phi) is 5.23. The van der Waals surface area contributed by atoms with Crippen LogP contribution in [0.3, 0.4) is 0 Å². The first-order valence-electron chi connectivity index (χ1n) is 5.71. The second-order valence-electron chi connectivity index (χ2n) is 4.60. The van der Waals surface area contributed by atoms with Crippen molar-refractivity contribution in [3.8, 4) is 0 Å². The lowest BCUT2D eigenvalue weighted by Crippen LogP contribution is -2.10. The van der Waals surface area contributed by atoms with Crippen LogP contribution in [-0.2, 0) is 0 Å². The fourth-order valence-corrected chi connectivity index (χ4v) is 1.77. The lowest BCUT2D eigenvalue weighted by atomic mass is 9.99. The first-order valence-corrected chi connectivity index (χ1v) is 6.09. The number of hydrogen-bond donors (Lipinski definition) is 1. The van der Waals surface area contributed by atoms with Crippen LogP contribution < -0.4 is 5.73 Å². The standard InChI is InChI=1S/C13H19ClFN/c1-9(2)4-3-5-13(16)10-6-7-11(14)12(15)8-10/h6-9,13H,3-5,16H2,1-2H3. The quantitative estimate of drug-likeness (QED) is 0.820. The fourth-order valence-electron chi connectivity index (χ4n) is 1.66. The summed E-state index contributed by atoms with van der Waals surface area (Å²) in [6.07, 6.45) is 3.12. The summed E-state index contributed by atoms with van der Waals surface area (Å²) in [5, 5.41) is 0.151. The summed E-state index contributed by atoms with van der Waals surface area (Å²) in [5.41, 5.74) is 6.82. The zero-order valence-electron chi connectivity index (χ0n) is 9.84. The fraction of sp³-hybridized carbons (Fsp3) is 0.538. The predicted octanol–water partition coefficient (Wildman–Crippen LogP) is 4.31. The van der Waals surface area contributed by atoms with E-state index in [1.54, 1.807) is 12.1 Å². The van der Waals surface area contributed by atoms with Gasteiger partial charge in [0.1, 0.15) is 5.82 Å². The maximum absolute atomic E-state index is 13.2. The van der Waals surface area contributed by atoms with Crippen LogP contribution in [0.1, 0.15) is 44.7 Å². The molecule has 1 rings (SSSR count). The molecule has 0 aliphatic carbocycles. The van der Waals surface area contributed by atoms with E-state index < -0.39 is 5.82 Å². The minimum Gasteiger partial charge on any atom is -0.324 e. The summed E-state index contributed by atoms with van der Waals surface area (Å²) >= 11 is 5.62. The summed E-state index contributed by atoms with van der Waals surface area (Å²) in [5.74, 6) is 0.299. The average molecular weight is 244 g/mol. The molecule has 0 aromatic heterocycles. The molecule has 1 aromatic carbocycles. The van der Waals surface area contributed by atoms with Crippen LogP contribution >= 0.6 is 11.6 Å². The number of benzene rings is 1. The number of rotatable bonds is 5. The predicted molar refractivity (Wildman–Crippen MR) is 67.0 cm³/mol. The molecule has 0 radical (unpaired) electrons. The van der Waals surface area contributed by atoms with Gasteiger partial charge in [-0.05, 0) is 30.0 Å². The van der Waals surface area contributed by atoms with Gasteiger partial charge in [-0.25, -0.2) is 4.39 Å². The molecule has 0 aliphatic rings. The van der Waals surface area contributed by atoms with Crippen LogP contribution in [0.5, 0.6) is 0 Å². The molecule has 1 unspecified atom stereocenters. The van der Waals surface area contributed by atoms with Gasteiger partial charge in [-0.1, -0.05) is 44.4 Å². The van der Waals surface area contributed by atoms with Crippen molar-refractivity contribution in [2.45, 2.75) is 39.2 Å². The highest BCUT2D eigenvalue weighted by Gasteiger charge is 2.09. The lowest BCUT2D eigenvalue weighted by Gasteiger charge is -2.13. The number of hydrogen-bond acceptors (Lipinski definition) is 1. The Hall–Kier alpha value is -0.600. The van der Waals surface area contributed by atoms with Crippen LogP contribution in [0.15, 0.2) is 18.2 Å². The molecular weight excluding hydrogens is 225 g/mol. The Morgan fingerprint density at radius 3 is 2.56 bits per heavy atom. The molecule has 0 saturated heterocycles. The van der Waals surface area contributed by atoms with E-state index >= 15 is 0 Å². The van der Waals surface area contributed by atoms with E-state index in [9.17, 15) is 4.39 Å². The second kappa shape index (κ2) is 6.21. The van der Waals surface area contributed by atoms with Gasteiger partial charge >= 0.3 is 0 Å². The van der Waals surface area contributed by atoms with Crippen LogP contribution in [-0.4, -0.2) is 0 Å². The molecule has 90 valence electrons. The highest BCUT2D eigenvalue weighted by Crippen LogP contribution is 2.22. The highest BCUT2D eigenvalue weighted by atomic mass is 35.5. The molecule has 0 fully saturated rings. The molecule has 0 saturated carbocycles. The zero-order valence-corrected chi connectivity index (χ0v) is 10.6. The molecule has 1 aromatic rings. The second-order valence-corrected chi connectivity index (χ2v) is 5.01. The third kappa shape index (κ3) is 4.11. The van der Waals surface area contributed by atoms with E-state index in [0.717, 1.165) is 24.8 Å². The number of halogens is 2. The summed E-state index contributed by atoms with van der Waals surface area (Å²) in [6.45, 7) is 4.38. The van der Waals surface area contributed by atoms with Crippen LogP contribution in [0, 0.1) is 11.7 Å². The average Bonchev–Trinajstić information content (AvgIpc) is 2.21. The molecule has 0 amide bonds. The van der Waals surface area contributed by atoms with E-state index in [4.69, 9.17) is 17.3 Å². The third-order valence-corrected chi connectivity index (χ3v) is 2.97. The Balaban J connectivity index is 2.52. The maximum Gasteiger partial charge on any atom is 0.142 e. The van der Waals surface area contributed by atoms with Crippen molar-refractivity contribution >= 4 is 11.6 Å². The molecule has 1 atom stereocenters. The highest BCUT2D eigenvalue weighted by molar-refractivity contribution is 6.30. The first kappa shape index (κ1) is 13.5. The van der Waals surface area contributed by atoms with Crippen LogP contribution in [0.4, 0.5) is 4.39 Å². The molecule has 0 aliphatic heterocycles. The third-order valence-electron chi connectivity index (χ3n) is 2.67.